The van der Waals surface area contributed by atoms with Crippen molar-refractivity contribution in [2.45, 2.75) is 26.9 Å². The number of nitrogens with one attached hydrogen (secondary N) is 1. The van der Waals surface area contributed by atoms with Crippen LogP contribution in [0.25, 0.3) is 0 Å². The van der Waals surface area contributed by atoms with Gasteiger partial charge in [-0.15, -0.1) is 0 Å². The molecule has 0 aliphatic rings. The zero-order valence-corrected chi connectivity index (χ0v) is 17.8. The summed E-state index contributed by atoms with van der Waals surface area (Å²) in [5.41, 5.74) is 10.6. The number of carbonyl (C=O) groups excluding carboxylic acids is 1. The van der Waals surface area contributed by atoms with E-state index in [2.05, 4.69) is 10.5 Å². The second-order valence-corrected chi connectivity index (χ2v) is 7.03. The monoisotopic (exact) mass is 417 g/mol. The van der Waals surface area contributed by atoms with Crippen LogP contribution in [0.5, 0.6) is 5.75 Å². The number of benzene rings is 3. The SMILES string of the molecule is CCc1cccc(C)c1NC(=O)CO/N=C(\N)c1ccccc1OCc1ccccc1. The number of oxime groups is 1. The summed E-state index contributed by atoms with van der Waals surface area (Å²) in [6.07, 6.45) is 0.822. The highest BCUT2D eigenvalue weighted by Gasteiger charge is 2.11. The van der Waals surface area contributed by atoms with Crippen LogP contribution in [0.2, 0.25) is 0 Å². The average Bonchev–Trinajstić information content (AvgIpc) is 2.80. The summed E-state index contributed by atoms with van der Waals surface area (Å²) in [5.74, 6) is 0.434. The molecule has 0 heterocycles. The van der Waals surface area contributed by atoms with Gasteiger partial charge in [0.2, 0.25) is 0 Å². The quantitative estimate of drug-likeness (QED) is 0.307. The van der Waals surface area contributed by atoms with Crippen molar-refractivity contribution in [3.63, 3.8) is 0 Å². The van der Waals surface area contributed by atoms with Gasteiger partial charge in [-0.3, -0.25) is 4.79 Å². The van der Waals surface area contributed by atoms with Crippen molar-refractivity contribution in [1.29, 1.82) is 0 Å². The first-order valence-electron chi connectivity index (χ1n) is 10.2. The van der Waals surface area contributed by atoms with Gasteiger partial charge in [-0.1, -0.05) is 72.7 Å². The lowest BCUT2D eigenvalue weighted by molar-refractivity contribution is -0.120. The Bertz CT molecular complexity index is 1050. The minimum absolute atomic E-state index is 0.140. The van der Waals surface area contributed by atoms with E-state index in [9.17, 15) is 4.79 Å². The van der Waals surface area contributed by atoms with Crippen LogP contribution in [0.3, 0.4) is 0 Å². The van der Waals surface area contributed by atoms with Crippen molar-refractivity contribution in [3.8, 4) is 5.75 Å². The predicted molar refractivity (Wildman–Crippen MR) is 123 cm³/mol. The number of carbonyl (C=O) groups is 1. The van der Waals surface area contributed by atoms with Crippen molar-refractivity contribution < 1.29 is 14.4 Å². The average molecular weight is 418 g/mol. The van der Waals surface area contributed by atoms with Gasteiger partial charge in [-0.2, -0.15) is 0 Å². The largest absolute Gasteiger partial charge is 0.488 e. The molecule has 31 heavy (non-hydrogen) atoms. The van der Waals surface area contributed by atoms with Gasteiger partial charge >= 0.3 is 0 Å². The van der Waals surface area contributed by atoms with E-state index in [1.807, 2.05) is 80.6 Å². The first-order valence-corrected chi connectivity index (χ1v) is 10.2. The number of amidine groups is 1. The molecule has 0 spiro atoms. The number of ether oxygens (including phenoxy) is 1. The summed E-state index contributed by atoms with van der Waals surface area (Å²) in [5, 5.41) is 6.80. The minimum atomic E-state index is -0.297. The number of nitrogens with two attached hydrogens (primary N) is 1. The third-order valence-corrected chi connectivity index (χ3v) is 4.76. The number of anilines is 1. The molecule has 3 rings (SSSR count). The molecule has 0 atom stereocenters. The van der Waals surface area contributed by atoms with Crippen LogP contribution in [0.15, 0.2) is 78.0 Å². The van der Waals surface area contributed by atoms with Gasteiger partial charge < -0.3 is 20.6 Å². The zero-order chi connectivity index (χ0) is 22.1. The second kappa shape index (κ2) is 10.8. The molecule has 3 N–H and O–H groups in total. The van der Waals surface area contributed by atoms with E-state index in [1.165, 1.54) is 0 Å². The van der Waals surface area contributed by atoms with Crippen LogP contribution in [0.4, 0.5) is 5.69 Å². The standard InChI is InChI=1S/C25H27N3O3/c1-3-20-13-9-10-18(2)24(20)27-23(29)17-31-28-25(26)21-14-7-8-15-22(21)30-16-19-11-5-4-6-12-19/h4-15H,3,16-17H2,1-2H3,(H2,26,28)(H,27,29). The smallest absolute Gasteiger partial charge is 0.265 e. The lowest BCUT2D eigenvalue weighted by Crippen LogP contribution is -2.21. The first-order chi connectivity index (χ1) is 15.1. The van der Waals surface area contributed by atoms with Gasteiger partial charge in [0.05, 0.1) is 5.56 Å². The second-order valence-electron chi connectivity index (χ2n) is 7.03. The van der Waals surface area contributed by atoms with E-state index in [0.717, 1.165) is 28.8 Å². The van der Waals surface area contributed by atoms with E-state index in [-0.39, 0.29) is 18.3 Å². The van der Waals surface area contributed by atoms with Crippen LogP contribution in [0, 0.1) is 6.92 Å². The summed E-state index contributed by atoms with van der Waals surface area (Å²) in [6.45, 7) is 4.16. The molecular formula is C25H27N3O3. The van der Waals surface area contributed by atoms with Gasteiger partial charge in [-0.25, -0.2) is 0 Å². The van der Waals surface area contributed by atoms with Crippen molar-refractivity contribution in [3.05, 3.63) is 95.1 Å². The van der Waals surface area contributed by atoms with Crippen LogP contribution in [-0.2, 0) is 22.7 Å². The Morgan fingerprint density at radius 3 is 2.52 bits per heavy atom. The van der Waals surface area contributed by atoms with Crippen molar-refractivity contribution >= 4 is 17.4 Å². The molecule has 0 aliphatic heterocycles. The fourth-order valence-electron chi connectivity index (χ4n) is 3.13. The van der Waals surface area contributed by atoms with Crippen LogP contribution < -0.4 is 15.8 Å². The molecule has 0 fully saturated rings. The molecule has 0 bridgehead atoms. The van der Waals surface area contributed by atoms with Gasteiger partial charge in [-0.05, 0) is 42.2 Å². The predicted octanol–water partition coefficient (Wildman–Crippen LogP) is 4.41. The lowest BCUT2D eigenvalue weighted by atomic mass is 10.1. The number of hydrogen-bond acceptors (Lipinski definition) is 4. The van der Waals surface area contributed by atoms with Crippen molar-refractivity contribution in [1.82, 2.24) is 0 Å². The summed E-state index contributed by atoms with van der Waals surface area (Å²) >= 11 is 0. The summed E-state index contributed by atoms with van der Waals surface area (Å²) < 4.78 is 5.89. The van der Waals surface area contributed by atoms with Crippen molar-refractivity contribution in [2.24, 2.45) is 10.9 Å². The lowest BCUT2D eigenvalue weighted by Gasteiger charge is -2.13. The Morgan fingerprint density at radius 1 is 1.00 bits per heavy atom. The fourth-order valence-corrected chi connectivity index (χ4v) is 3.13. The van der Waals surface area contributed by atoms with E-state index in [4.69, 9.17) is 15.3 Å². The maximum absolute atomic E-state index is 12.3. The van der Waals surface area contributed by atoms with Gasteiger partial charge in [0.1, 0.15) is 12.4 Å². The number of para-hydroxylation sites is 2. The number of rotatable bonds is 9. The highest BCUT2D eigenvalue weighted by molar-refractivity contribution is 5.99. The highest BCUT2D eigenvalue weighted by atomic mass is 16.6. The Morgan fingerprint density at radius 2 is 1.74 bits per heavy atom. The number of hydrogen-bond donors (Lipinski definition) is 2. The molecular weight excluding hydrogens is 390 g/mol. The number of nitrogens with zero attached hydrogens (tertiary/aromatic N) is 1. The molecule has 6 heteroatoms. The molecule has 160 valence electrons. The highest BCUT2D eigenvalue weighted by Crippen LogP contribution is 2.21. The van der Waals surface area contributed by atoms with E-state index in [1.54, 1.807) is 6.07 Å². The van der Waals surface area contributed by atoms with E-state index >= 15 is 0 Å². The van der Waals surface area contributed by atoms with Crippen LogP contribution in [-0.4, -0.2) is 18.3 Å². The molecule has 3 aromatic rings. The number of aryl methyl sites for hydroxylation is 2. The summed E-state index contributed by atoms with van der Waals surface area (Å²) in [6, 6.07) is 23.1. The first kappa shape index (κ1) is 21.9. The van der Waals surface area contributed by atoms with Gasteiger partial charge in [0.25, 0.3) is 5.91 Å². The molecule has 0 radical (unpaired) electrons. The van der Waals surface area contributed by atoms with Crippen LogP contribution >= 0.6 is 0 Å². The molecule has 3 aromatic carbocycles. The molecule has 6 nitrogen and oxygen atoms in total. The van der Waals surface area contributed by atoms with E-state index < -0.39 is 0 Å². The van der Waals surface area contributed by atoms with E-state index in [0.29, 0.717) is 17.9 Å². The Labute approximate surface area is 182 Å². The third-order valence-electron chi connectivity index (χ3n) is 4.76. The maximum atomic E-state index is 12.3. The van der Waals surface area contributed by atoms with Gasteiger partial charge in [0.15, 0.2) is 12.4 Å². The summed E-state index contributed by atoms with van der Waals surface area (Å²) in [4.78, 5) is 17.5. The Balaban J connectivity index is 1.60. The fraction of sp³-hybridized carbons (Fsp3) is 0.200. The Kier molecular flexibility index (Phi) is 7.65. The zero-order valence-electron chi connectivity index (χ0n) is 17.8. The molecule has 1 amide bonds. The maximum Gasteiger partial charge on any atom is 0.265 e. The normalized spacial score (nSPS) is 11.1. The summed E-state index contributed by atoms with van der Waals surface area (Å²) in [7, 11) is 0. The molecule has 0 aromatic heterocycles. The molecule has 0 unspecified atom stereocenters. The molecule has 0 saturated carbocycles. The van der Waals surface area contributed by atoms with Gasteiger partial charge in [0, 0.05) is 5.69 Å². The Hall–Kier alpha value is -3.80. The minimum Gasteiger partial charge on any atom is -0.488 e. The number of amides is 1. The third kappa shape index (κ3) is 6.09. The molecule has 0 saturated heterocycles. The van der Waals surface area contributed by atoms with Crippen molar-refractivity contribution in [2.75, 3.05) is 11.9 Å². The van der Waals surface area contributed by atoms with Crippen LogP contribution in [0.1, 0.15) is 29.2 Å². The topological polar surface area (TPSA) is 85.9 Å². The molecule has 0 aliphatic carbocycles.